The number of aromatic nitrogens is 2. The zero-order valence-electron chi connectivity index (χ0n) is 24.6. The first kappa shape index (κ1) is 28.8. The molecule has 1 aromatic heterocycles. The number of amides is 1. The lowest BCUT2D eigenvalue weighted by Crippen LogP contribution is -2.56. The highest BCUT2D eigenvalue weighted by Gasteiger charge is 2.40. The minimum atomic E-state index is -1.01. The van der Waals surface area contributed by atoms with Crippen molar-refractivity contribution in [2.75, 3.05) is 49.1 Å². The molecule has 1 amide bonds. The summed E-state index contributed by atoms with van der Waals surface area (Å²) in [5.74, 6) is -1.01. The summed E-state index contributed by atoms with van der Waals surface area (Å²) in [7, 11) is 0. The monoisotopic (exact) mass is 615 g/mol. The van der Waals surface area contributed by atoms with Crippen molar-refractivity contribution >= 4 is 39.8 Å². The number of nitriles is 1. The van der Waals surface area contributed by atoms with Gasteiger partial charge in [0.2, 0.25) is 0 Å². The number of piperazine rings is 1. The molecule has 0 unspecified atom stereocenters. The number of likely N-dealkylation sites (tertiary alicyclic amines) is 1. The van der Waals surface area contributed by atoms with E-state index in [0.717, 1.165) is 53.0 Å². The normalized spacial score (nSPS) is 21.9. The third-order valence-electron chi connectivity index (χ3n) is 9.41. The molecule has 11 heteroatoms. The van der Waals surface area contributed by atoms with Gasteiger partial charge in [0.1, 0.15) is 12.4 Å². The Balaban J connectivity index is 1.20. The van der Waals surface area contributed by atoms with Gasteiger partial charge in [0.25, 0.3) is 5.91 Å². The first-order chi connectivity index (χ1) is 21.4. The molecule has 4 heterocycles. The second-order valence-electron chi connectivity index (χ2n) is 12.1. The molecule has 7 rings (SSSR count). The van der Waals surface area contributed by atoms with Crippen molar-refractivity contribution in [2.24, 2.45) is 0 Å². The van der Waals surface area contributed by atoms with E-state index in [2.05, 4.69) is 51.6 Å². The molecule has 3 fully saturated rings. The maximum absolute atomic E-state index is 13.8. The number of halogens is 2. The first-order valence-electron chi connectivity index (χ1n) is 15.4. The smallest absolute Gasteiger partial charge is 0.318 e. The SMILES string of the molecule is C=C(F)C(=O)N1CCN(c2nc(OC[C@@H]3CCN3C3CC3)nc3c2CCN(c2cccc4cccc(Cl)c24)C3)C[C@@H]1CC#N. The van der Waals surface area contributed by atoms with Gasteiger partial charge in [0.05, 0.1) is 35.8 Å². The number of hydrogen-bond acceptors (Lipinski definition) is 8. The Morgan fingerprint density at radius 2 is 1.89 bits per heavy atom. The minimum absolute atomic E-state index is 0.0838. The van der Waals surface area contributed by atoms with Crippen molar-refractivity contribution in [3.05, 3.63) is 65.1 Å². The van der Waals surface area contributed by atoms with E-state index in [9.17, 15) is 14.4 Å². The van der Waals surface area contributed by atoms with Crippen LogP contribution in [0.5, 0.6) is 6.01 Å². The van der Waals surface area contributed by atoms with Crippen molar-refractivity contribution in [3.8, 4) is 12.1 Å². The molecule has 0 bridgehead atoms. The maximum atomic E-state index is 13.8. The minimum Gasteiger partial charge on any atom is -0.462 e. The van der Waals surface area contributed by atoms with Gasteiger partial charge in [0.15, 0.2) is 5.83 Å². The Labute approximate surface area is 261 Å². The number of anilines is 2. The summed E-state index contributed by atoms with van der Waals surface area (Å²) in [6, 6.07) is 15.3. The highest BCUT2D eigenvalue weighted by Crippen LogP contribution is 2.38. The largest absolute Gasteiger partial charge is 0.462 e. The van der Waals surface area contributed by atoms with E-state index in [0.29, 0.717) is 55.8 Å². The Morgan fingerprint density at radius 3 is 2.61 bits per heavy atom. The summed E-state index contributed by atoms with van der Waals surface area (Å²) >= 11 is 6.69. The number of rotatable bonds is 8. The van der Waals surface area contributed by atoms with Gasteiger partial charge < -0.3 is 19.4 Å². The Hall–Kier alpha value is -3.94. The van der Waals surface area contributed by atoms with Crippen LogP contribution in [0, 0.1) is 11.3 Å². The Kier molecular flexibility index (Phi) is 7.77. The molecular formula is C33H35ClFN7O2. The standard InChI is InChI=1S/C33H35ClFN7O2/c1-21(35)32(43)42-17-16-40(18-24(42)10-13-36)31-26-12-14-39(29-7-3-5-22-4-2-6-27(34)30(22)29)19-28(26)37-33(38-31)44-20-25-11-15-41(25)23-8-9-23/h2-7,23-25H,1,8-12,14-20H2/t24-,25-/m0/s1. The molecule has 3 aliphatic heterocycles. The molecule has 228 valence electrons. The summed E-state index contributed by atoms with van der Waals surface area (Å²) in [5, 5.41) is 12.3. The van der Waals surface area contributed by atoms with Crippen LogP contribution in [0.2, 0.25) is 5.02 Å². The van der Waals surface area contributed by atoms with Gasteiger partial charge in [-0.05, 0) is 43.2 Å². The summed E-state index contributed by atoms with van der Waals surface area (Å²) in [5.41, 5.74) is 2.98. The van der Waals surface area contributed by atoms with Gasteiger partial charge in [-0.25, -0.2) is 4.39 Å². The number of carbonyl (C=O) groups is 1. The zero-order chi connectivity index (χ0) is 30.4. The summed E-state index contributed by atoms with van der Waals surface area (Å²) in [6.45, 7) is 7.22. The van der Waals surface area contributed by atoms with Crippen LogP contribution in [-0.4, -0.2) is 83.1 Å². The van der Waals surface area contributed by atoms with E-state index in [-0.39, 0.29) is 13.0 Å². The van der Waals surface area contributed by atoms with Crippen molar-refractivity contribution in [3.63, 3.8) is 0 Å². The van der Waals surface area contributed by atoms with Crippen molar-refractivity contribution in [1.29, 1.82) is 5.26 Å². The molecule has 1 saturated carbocycles. The van der Waals surface area contributed by atoms with Gasteiger partial charge in [-0.3, -0.25) is 9.69 Å². The summed E-state index contributed by atoms with van der Waals surface area (Å²) < 4.78 is 20.1. The molecule has 0 spiro atoms. The van der Waals surface area contributed by atoms with Crippen LogP contribution in [-0.2, 0) is 17.8 Å². The zero-order valence-corrected chi connectivity index (χ0v) is 25.3. The third kappa shape index (κ3) is 5.44. The number of benzene rings is 2. The molecule has 9 nitrogen and oxygen atoms in total. The molecule has 0 N–H and O–H groups in total. The lowest BCUT2D eigenvalue weighted by atomic mass is 10.0. The highest BCUT2D eigenvalue weighted by molar-refractivity contribution is 6.36. The Morgan fingerprint density at radius 1 is 1.07 bits per heavy atom. The molecule has 2 aromatic carbocycles. The van der Waals surface area contributed by atoms with Crippen LogP contribution in [0.1, 0.15) is 36.9 Å². The average Bonchev–Trinajstić information content (AvgIpc) is 3.84. The van der Waals surface area contributed by atoms with Crippen LogP contribution in [0.4, 0.5) is 15.9 Å². The number of nitrogens with zero attached hydrogens (tertiary/aromatic N) is 7. The van der Waals surface area contributed by atoms with E-state index in [1.54, 1.807) is 0 Å². The van der Waals surface area contributed by atoms with Gasteiger partial charge in [-0.1, -0.05) is 42.4 Å². The van der Waals surface area contributed by atoms with E-state index in [1.165, 1.54) is 17.7 Å². The van der Waals surface area contributed by atoms with E-state index >= 15 is 0 Å². The fraction of sp³-hybridized carbons (Fsp3) is 0.455. The molecule has 2 atom stereocenters. The van der Waals surface area contributed by atoms with Gasteiger partial charge in [-0.15, -0.1) is 0 Å². The van der Waals surface area contributed by atoms with Crippen LogP contribution in [0.25, 0.3) is 10.8 Å². The number of ether oxygens (including phenoxy) is 1. The van der Waals surface area contributed by atoms with Gasteiger partial charge in [0, 0.05) is 61.4 Å². The van der Waals surface area contributed by atoms with Crippen molar-refractivity contribution in [2.45, 2.75) is 56.8 Å². The van der Waals surface area contributed by atoms with Crippen LogP contribution >= 0.6 is 11.6 Å². The second-order valence-corrected chi connectivity index (χ2v) is 12.5. The van der Waals surface area contributed by atoms with E-state index in [4.69, 9.17) is 26.3 Å². The van der Waals surface area contributed by atoms with Crippen LogP contribution < -0.4 is 14.5 Å². The summed E-state index contributed by atoms with van der Waals surface area (Å²) in [4.78, 5) is 30.8. The van der Waals surface area contributed by atoms with Crippen molar-refractivity contribution < 1.29 is 13.9 Å². The first-order valence-corrected chi connectivity index (χ1v) is 15.8. The molecular weight excluding hydrogens is 581 g/mol. The molecule has 2 saturated heterocycles. The number of hydrogen-bond donors (Lipinski definition) is 0. The quantitative estimate of drug-likeness (QED) is 0.332. The average molecular weight is 616 g/mol. The molecule has 4 aliphatic rings. The molecule has 0 radical (unpaired) electrons. The summed E-state index contributed by atoms with van der Waals surface area (Å²) in [6.07, 6.45) is 4.42. The molecule has 3 aromatic rings. The lowest BCUT2D eigenvalue weighted by Gasteiger charge is -2.42. The predicted molar refractivity (Wildman–Crippen MR) is 168 cm³/mol. The van der Waals surface area contributed by atoms with Crippen LogP contribution in [0.3, 0.4) is 0 Å². The fourth-order valence-corrected chi connectivity index (χ4v) is 7.19. The van der Waals surface area contributed by atoms with E-state index in [1.807, 2.05) is 12.1 Å². The van der Waals surface area contributed by atoms with Crippen LogP contribution in [0.15, 0.2) is 48.8 Å². The fourth-order valence-electron chi connectivity index (χ4n) is 6.91. The van der Waals surface area contributed by atoms with Gasteiger partial charge in [-0.2, -0.15) is 15.2 Å². The lowest BCUT2D eigenvalue weighted by molar-refractivity contribution is -0.131. The number of carbonyl (C=O) groups excluding carboxylic acids is 1. The highest BCUT2D eigenvalue weighted by atomic mass is 35.5. The third-order valence-corrected chi connectivity index (χ3v) is 9.72. The Bertz CT molecular complexity index is 1650. The predicted octanol–water partition coefficient (Wildman–Crippen LogP) is 4.88. The number of fused-ring (bicyclic) bond motifs is 2. The maximum Gasteiger partial charge on any atom is 0.318 e. The van der Waals surface area contributed by atoms with E-state index < -0.39 is 17.8 Å². The van der Waals surface area contributed by atoms with Crippen molar-refractivity contribution in [1.82, 2.24) is 19.8 Å². The van der Waals surface area contributed by atoms with Gasteiger partial charge >= 0.3 is 6.01 Å². The second kappa shape index (κ2) is 11.9. The topological polar surface area (TPSA) is 88.8 Å². The molecule has 1 aliphatic carbocycles. The molecule has 44 heavy (non-hydrogen) atoms.